The summed E-state index contributed by atoms with van der Waals surface area (Å²) in [5, 5.41) is 5.87. The van der Waals surface area contributed by atoms with Crippen LogP contribution < -0.4 is 10.2 Å². The highest BCUT2D eigenvalue weighted by atomic mass is 32.2. The van der Waals surface area contributed by atoms with Gasteiger partial charge in [-0.2, -0.15) is 17.8 Å². The number of likely N-dealkylation sites (tertiary alicyclic amines) is 1. The Kier molecular flexibility index (Phi) is 6.22. The van der Waals surface area contributed by atoms with Crippen molar-refractivity contribution in [3.05, 3.63) is 59.3 Å². The monoisotopic (exact) mass is 493 g/mol. The molecular formula is C24H27N7O3S. The van der Waals surface area contributed by atoms with E-state index in [9.17, 15) is 13.2 Å². The third kappa shape index (κ3) is 4.88. The van der Waals surface area contributed by atoms with E-state index in [0.29, 0.717) is 21.7 Å². The van der Waals surface area contributed by atoms with Crippen LogP contribution >= 0.6 is 0 Å². The highest BCUT2D eigenvalue weighted by molar-refractivity contribution is 7.90. The molecule has 0 saturated carbocycles. The van der Waals surface area contributed by atoms with E-state index >= 15 is 0 Å². The molecule has 0 aliphatic carbocycles. The number of hydrogen-bond acceptors (Lipinski definition) is 7. The molecule has 182 valence electrons. The molecule has 0 bridgehead atoms. The van der Waals surface area contributed by atoms with Gasteiger partial charge in [-0.15, -0.1) is 0 Å². The van der Waals surface area contributed by atoms with Gasteiger partial charge in [0.25, 0.3) is 0 Å². The minimum absolute atomic E-state index is 0.0750. The average molecular weight is 494 g/mol. The number of nitrogens with one attached hydrogen (secondary N) is 1. The molecule has 0 radical (unpaired) electrons. The maximum absolute atomic E-state index is 13.5. The zero-order valence-electron chi connectivity index (χ0n) is 19.7. The smallest absolute Gasteiger partial charge is 0.301 e. The first kappa shape index (κ1) is 23.3. The Morgan fingerprint density at radius 3 is 2.54 bits per heavy atom. The molecule has 5 rings (SSSR count). The van der Waals surface area contributed by atoms with Gasteiger partial charge in [0.05, 0.1) is 18.3 Å². The van der Waals surface area contributed by atoms with Gasteiger partial charge in [-0.05, 0) is 44.1 Å². The number of nitrogens with zero attached hydrogens (tertiary/aromatic N) is 6. The van der Waals surface area contributed by atoms with Crippen LogP contribution in [-0.4, -0.2) is 71.1 Å². The molecule has 1 fully saturated rings. The minimum atomic E-state index is -3.75. The quantitative estimate of drug-likeness (QED) is 0.420. The SMILES string of the molecule is CN(C)S(=O)(=O)Nc1cc2c(=O)c3cc(-c4cnn(CCN5CCCC5)c4)cnc3ccc2cn1. The molecule has 0 amide bonds. The predicted molar refractivity (Wildman–Crippen MR) is 136 cm³/mol. The van der Waals surface area contributed by atoms with Gasteiger partial charge in [0, 0.05) is 66.5 Å². The number of anilines is 1. The van der Waals surface area contributed by atoms with Gasteiger partial charge in [-0.1, -0.05) is 6.07 Å². The Bertz CT molecular complexity index is 1560. The van der Waals surface area contributed by atoms with Crippen molar-refractivity contribution in [3.8, 4) is 11.1 Å². The molecule has 4 heterocycles. The fourth-order valence-electron chi connectivity index (χ4n) is 4.22. The van der Waals surface area contributed by atoms with Crippen molar-refractivity contribution in [1.82, 2.24) is 29.0 Å². The summed E-state index contributed by atoms with van der Waals surface area (Å²) in [6, 6.07) is 6.81. The minimum Gasteiger partial charge on any atom is -0.301 e. The first-order valence-corrected chi connectivity index (χ1v) is 12.9. The Morgan fingerprint density at radius 1 is 0.971 bits per heavy atom. The maximum atomic E-state index is 13.5. The van der Waals surface area contributed by atoms with E-state index in [1.807, 2.05) is 16.9 Å². The third-order valence-corrected chi connectivity index (χ3v) is 7.72. The lowest BCUT2D eigenvalue weighted by Crippen LogP contribution is -2.29. The van der Waals surface area contributed by atoms with E-state index in [-0.39, 0.29) is 11.2 Å². The topological polar surface area (TPSA) is 113 Å². The molecule has 0 unspecified atom stereocenters. The molecule has 0 atom stereocenters. The number of fused-ring (bicyclic) bond motifs is 2. The lowest BCUT2D eigenvalue weighted by molar-refractivity contribution is 0.316. The van der Waals surface area contributed by atoms with Gasteiger partial charge in [0.1, 0.15) is 5.82 Å². The van der Waals surface area contributed by atoms with E-state index in [2.05, 4.69) is 24.7 Å². The van der Waals surface area contributed by atoms with Crippen molar-refractivity contribution in [1.29, 1.82) is 0 Å². The standard InChI is InChI=1S/C24H27N7O3S/c1-29(2)35(33,34)28-23-12-20-17(13-26-23)5-6-22-21(24(20)32)11-18(14-25-22)19-15-27-31(16-19)10-9-30-7-3-4-8-30/h5-6,11-16H,3-4,7-10H2,1-2H3,(H,26,28). The second kappa shape index (κ2) is 9.33. The van der Waals surface area contributed by atoms with Gasteiger partial charge in [0.2, 0.25) is 0 Å². The summed E-state index contributed by atoms with van der Waals surface area (Å²) >= 11 is 0. The molecule has 3 aromatic heterocycles. The highest BCUT2D eigenvalue weighted by Gasteiger charge is 2.15. The van der Waals surface area contributed by atoms with Gasteiger partial charge in [0.15, 0.2) is 5.43 Å². The van der Waals surface area contributed by atoms with Crippen molar-refractivity contribution in [3.63, 3.8) is 0 Å². The van der Waals surface area contributed by atoms with Gasteiger partial charge >= 0.3 is 10.2 Å². The van der Waals surface area contributed by atoms with Crippen molar-refractivity contribution < 1.29 is 8.42 Å². The van der Waals surface area contributed by atoms with Crippen LogP contribution in [0.3, 0.4) is 0 Å². The Labute approximate surface area is 203 Å². The third-order valence-electron chi connectivity index (χ3n) is 6.29. The van der Waals surface area contributed by atoms with Crippen LogP contribution in [0.5, 0.6) is 0 Å². The fraction of sp³-hybridized carbons (Fsp3) is 0.333. The Balaban J connectivity index is 1.50. The molecule has 1 aliphatic rings. The van der Waals surface area contributed by atoms with Crippen molar-refractivity contribution >= 4 is 37.7 Å². The van der Waals surface area contributed by atoms with Crippen LogP contribution in [-0.2, 0) is 16.8 Å². The second-order valence-corrected chi connectivity index (χ2v) is 10.8. The predicted octanol–water partition coefficient (Wildman–Crippen LogP) is 2.32. The van der Waals surface area contributed by atoms with Crippen LogP contribution in [0.2, 0.25) is 0 Å². The first-order valence-electron chi connectivity index (χ1n) is 11.5. The van der Waals surface area contributed by atoms with E-state index in [4.69, 9.17) is 0 Å². The van der Waals surface area contributed by atoms with E-state index in [1.54, 1.807) is 24.5 Å². The van der Waals surface area contributed by atoms with Crippen LogP contribution in [0, 0.1) is 0 Å². The zero-order chi connectivity index (χ0) is 24.6. The van der Waals surface area contributed by atoms with Crippen LogP contribution in [0.4, 0.5) is 5.82 Å². The molecule has 1 saturated heterocycles. The molecule has 0 spiro atoms. The summed E-state index contributed by atoms with van der Waals surface area (Å²) in [7, 11) is -0.920. The largest absolute Gasteiger partial charge is 0.302 e. The summed E-state index contributed by atoms with van der Waals surface area (Å²) in [6.45, 7) is 4.07. The fourth-order valence-corrected chi connectivity index (χ4v) is 4.78. The number of aromatic nitrogens is 4. The molecular weight excluding hydrogens is 466 g/mol. The van der Waals surface area contributed by atoms with E-state index in [1.165, 1.54) is 39.2 Å². The van der Waals surface area contributed by atoms with Crippen molar-refractivity contribution in [2.24, 2.45) is 0 Å². The Hall–Kier alpha value is -3.41. The zero-order valence-corrected chi connectivity index (χ0v) is 20.5. The summed E-state index contributed by atoms with van der Waals surface area (Å²) in [5.41, 5.74) is 1.98. The van der Waals surface area contributed by atoms with Gasteiger partial charge in [-0.25, -0.2) is 4.98 Å². The van der Waals surface area contributed by atoms with Crippen molar-refractivity contribution in [2.45, 2.75) is 19.4 Å². The highest BCUT2D eigenvalue weighted by Crippen LogP contribution is 2.23. The molecule has 11 heteroatoms. The lowest BCUT2D eigenvalue weighted by atomic mass is 10.1. The average Bonchev–Trinajstić information content (AvgIpc) is 3.51. The number of pyridine rings is 2. The molecule has 1 aromatic carbocycles. The second-order valence-electron chi connectivity index (χ2n) is 8.91. The summed E-state index contributed by atoms with van der Waals surface area (Å²) in [5.74, 6) is 0.0750. The molecule has 10 nitrogen and oxygen atoms in total. The summed E-state index contributed by atoms with van der Waals surface area (Å²) in [4.78, 5) is 24.6. The molecule has 35 heavy (non-hydrogen) atoms. The first-order chi connectivity index (χ1) is 16.8. The maximum Gasteiger partial charge on any atom is 0.302 e. The molecule has 4 aromatic rings. The number of rotatable bonds is 7. The van der Waals surface area contributed by atoms with Gasteiger partial charge in [-0.3, -0.25) is 19.2 Å². The summed E-state index contributed by atoms with van der Waals surface area (Å²) < 4.78 is 29.7. The van der Waals surface area contributed by atoms with Crippen LogP contribution in [0.1, 0.15) is 12.8 Å². The lowest BCUT2D eigenvalue weighted by Gasteiger charge is -2.13. The van der Waals surface area contributed by atoms with Gasteiger partial charge < -0.3 is 4.90 Å². The van der Waals surface area contributed by atoms with Crippen molar-refractivity contribution in [2.75, 3.05) is 38.5 Å². The summed E-state index contributed by atoms with van der Waals surface area (Å²) in [6.07, 6.45) is 9.50. The Morgan fingerprint density at radius 2 is 1.77 bits per heavy atom. The number of hydrogen-bond donors (Lipinski definition) is 1. The van der Waals surface area contributed by atoms with Crippen LogP contribution in [0.15, 0.2) is 53.8 Å². The molecule has 1 N–H and O–H groups in total. The van der Waals surface area contributed by atoms with Crippen LogP contribution in [0.25, 0.3) is 32.8 Å². The molecule has 1 aliphatic heterocycles. The van der Waals surface area contributed by atoms with E-state index in [0.717, 1.165) is 41.6 Å². The normalized spacial score (nSPS) is 14.8. The van der Waals surface area contributed by atoms with E-state index < -0.39 is 10.2 Å².